The quantitative estimate of drug-likeness (QED) is 0.674. The van der Waals surface area contributed by atoms with Gasteiger partial charge in [0.25, 0.3) is 5.91 Å². The Hall–Kier alpha value is -3.14. The van der Waals surface area contributed by atoms with Crippen molar-refractivity contribution < 1.29 is 22.7 Å². The van der Waals surface area contributed by atoms with Gasteiger partial charge in [-0.2, -0.15) is 18.3 Å². The number of halogens is 3. The lowest BCUT2D eigenvalue weighted by molar-refractivity contribution is -0.141. The number of pyridine rings is 1. The molecule has 0 unspecified atom stereocenters. The third-order valence-corrected chi connectivity index (χ3v) is 5.43. The Bertz CT molecular complexity index is 1100. The van der Waals surface area contributed by atoms with Crippen molar-refractivity contribution in [3.63, 3.8) is 0 Å². The van der Waals surface area contributed by atoms with E-state index in [9.17, 15) is 18.0 Å². The van der Waals surface area contributed by atoms with E-state index >= 15 is 0 Å². The molecule has 0 radical (unpaired) electrons. The molecule has 3 aromatic rings. The van der Waals surface area contributed by atoms with Crippen molar-refractivity contribution in [3.8, 4) is 5.75 Å². The molecular formula is C21H22F3N5O2. The zero-order valence-corrected chi connectivity index (χ0v) is 17.1. The summed E-state index contributed by atoms with van der Waals surface area (Å²) in [6.07, 6.45) is -0.725. The number of rotatable bonds is 4. The van der Waals surface area contributed by atoms with E-state index in [4.69, 9.17) is 4.74 Å². The number of methoxy groups -OCH3 is 1. The largest absolute Gasteiger partial charge is 0.494 e. The predicted octanol–water partition coefficient (Wildman–Crippen LogP) is 3.98. The number of anilines is 1. The Labute approximate surface area is 176 Å². The molecule has 1 aliphatic rings. The summed E-state index contributed by atoms with van der Waals surface area (Å²) in [5, 5.41) is 8.06. The van der Waals surface area contributed by atoms with Gasteiger partial charge in [-0.15, -0.1) is 0 Å². The van der Waals surface area contributed by atoms with E-state index in [1.165, 1.54) is 13.2 Å². The monoisotopic (exact) mass is 433 g/mol. The number of carbonyl (C=O) groups is 1. The van der Waals surface area contributed by atoms with E-state index in [1.54, 1.807) is 12.1 Å². The van der Waals surface area contributed by atoms with Gasteiger partial charge in [0.15, 0.2) is 0 Å². The molecule has 1 saturated heterocycles. The first kappa shape index (κ1) is 21.1. The lowest BCUT2D eigenvalue weighted by atomic mass is 10.1. The minimum Gasteiger partial charge on any atom is -0.494 e. The number of hydrogen-bond acceptors (Lipinski definition) is 5. The van der Waals surface area contributed by atoms with Gasteiger partial charge >= 0.3 is 6.18 Å². The number of likely N-dealkylation sites (tertiary alicyclic amines) is 1. The van der Waals surface area contributed by atoms with Crippen LogP contribution in [0.2, 0.25) is 0 Å². The van der Waals surface area contributed by atoms with Crippen molar-refractivity contribution >= 4 is 22.5 Å². The Morgan fingerprint density at radius 2 is 1.97 bits per heavy atom. The second-order valence-corrected chi connectivity index (χ2v) is 7.61. The molecule has 1 N–H and O–H groups in total. The molecule has 1 fully saturated rings. The average Bonchev–Trinajstić information content (AvgIpc) is 3.16. The molecule has 7 nitrogen and oxygen atoms in total. The normalized spacial score (nSPS) is 15.9. The van der Waals surface area contributed by atoms with E-state index in [-0.39, 0.29) is 5.69 Å². The zero-order chi connectivity index (χ0) is 22.2. The topological polar surface area (TPSA) is 72.3 Å². The molecule has 1 amide bonds. The highest BCUT2D eigenvalue weighted by atomic mass is 19.4. The first-order chi connectivity index (χ1) is 14.7. The lowest BCUT2D eigenvalue weighted by Crippen LogP contribution is -2.31. The zero-order valence-electron chi connectivity index (χ0n) is 17.1. The first-order valence-electron chi connectivity index (χ1n) is 9.85. The standard InChI is InChI=1S/C21H22F3N5O2/c1-28-8-6-14(7-9-28)29-12-13-10-17(18(31-2)11-16(13)27-29)26-20(30)15-4-3-5-19(25-15)21(22,23)24/h3-5,10-12,14H,6-9H2,1-2H3,(H,26,30). The van der Waals surface area contributed by atoms with Crippen LogP contribution in [0.15, 0.2) is 36.5 Å². The van der Waals surface area contributed by atoms with Crippen LogP contribution in [0, 0.1) is 0 Å². The summed E-state index contributed by atoms with van der Waals surface area (Å²) in [5.41, 5.74) is -0.408. The van der Waals surface area contributed by atoms with Crippen LogP contribution in [-0.4, -0.2) is 52.8 Å². The summed E-state index contributed by atoms with van der Waals surface area (Å²) in [6.45, 7) is 1.99. The molecular weight excluding hydrogens is 411 g/mol. The molecule has 0 saturated carbocycles. The smallest absolute Gasteiger partial charge is 0.433 e. The van der Waals surface area contributed by atoms with Crippen LogP contribution >= 0.6 is 0 Å². The van der Waals surface area contributed by atoms with Gasteiger partial charge in [-0.3, -0.25) is 9.48 Å². The summed E-state index contributed by atoms with van der Waals surface area (Å²) in [5.74, 6) is -0.395. The number of aromatic nitrogens is 3. The van der Waals surface area contributed by atoms with Gasteiger partial charge in [-0.25, -0.2) is 4.98 Å². The number of nitrogens with zero attached hydrogens (tertiary/aromatic N) is 4. The molecule has 2 aromatic heterocycles. The third-order valence-electron chi connectivity index (χ3n) is 5.43. The van der Waals surface area contributed by atoms with E-state index in [0.29, 0.717) is 23.0 Å². The van der Waals surface area contributed by atoms with Gasteiger partial charge in [0.2, 0.25) is 0 Å². The van der Waals surface area contributed by atoms with Gasteiger partial charge < -0.3 is 15.0 Å². The fourth-order valence-electron chi connectivity index (χ4n) is 3.69. The number of nitrogens with one attached hydrogen (secondary N) is 1. The molecule has 0 bridgehead atoms. The molecule has 0 atom stereocenters. The summed E-state index contributed by atoms with van der Waals surface area (Å²) < 4.78 is 46.0. The number of hydrogen-bond donors (Lipinski definition) is 1. The number of ether oxygens (including phenoxy) is 1. The molecule has 0 aliphatic carbocycles. The molecule has 1 aromatic carbocycles. The molecule has 31 heavy (non-hydrogen) atoms. The van der Waals surface area contributed by atoms with Crippen LogP contribution in [0.5, 0.6) is 5.75 Å². The Morgan fingerprint density at radius 1 is 1.23 bits per heavy atom. The van der Waals surface area contributed by atoms with E-state index in [0.717, 1.165) is 43.5 Å². The van der Waals surface area contributed by atoms with Crippen molar-refractivity contribution in [3.05, 3.63) is 47.9 Å². The van der Waals surface area contributed by atoms with Crippen LogP contribution < -0.4 is 10.1 Å². The van der Waals surface area contributed by atoms with Crippen molar-refractivity contribution in [2.75, 3.05) is 32.6 Å². The highest BCUT2D eigenvalue weighted by Crippen LogP contribution is 2.32. The number of piperidine rings is 1. The fraction of sp³-hybridized carbons (Fsp3) is 0.381. The number of benzene rings is 1. The predicted molar refractivity (Wildman–Crippen MR) is 109 cm³/mol. The maximum Gasteiger partial charge on any atom is 0.433 e. The molecule has 164 valence electrons. The summed E-state index contributed by atoms with van der Waals surface area (Å²) in [4.78, 5) is 18.3. The summed E-state index contributed by atoms with van der Waals surface area (Å²) in [7, 11) is 3.54. The first-order valence-corrected chi connectivity index (χ1v) is 9.85. The van der Waals surface area contributed by atoms with Gasteiger partial charge in [0, 0.05) is 17.6 Å². The maximum atomic E-state index is 12.9. The van der Waals surface area contributed by atoms with Gasteiger partial charge in [-0.05, 0) is 51.2 Å². The highest BCUT2D eigenvalue weighted by Gasteiger charge is 2.33. The van der Waals surface area contributed by atoms with E-state index in [1.807, 2.05) is 10.9 Å². The second-order valence-electron chi connectivity index (χ2n) is 7.61. The lowest BCUT2D eigenvalue weighted by Gasteiger charge is -2.28. The van der Waals surface area contributed by atoms with Crippen molar-refractivity contribution in [2.24, 2.45) is 0 Å². The van der Waals surface area contributed by atoms with Crippen LogP contribution in [0.1, 0.15) is 35.1 Å². The number of fused-ring (bicyclic) bond motifs is 1. The van der Waals surface area contributed by atoms with Crippen LogP contribution in [0.3, 0.4) is 0 Å². The van der Waals surface area contributed by atoms with Crippen molar-refractivity contribution in [1.82, 2.24) is 19.7 Å². The van der Waals surface area contributed by atoms with Crippen molar-refractivity contribution in [2.45, 2.75) is 25.1 Å². The van der Waals surface area contributed by atoms with E-state index in [2.05, 4.69) is 27.3 Å². The Morgan fingerprint density at radius 3 is 2.65 bits per heavy atom. The number of amides is 1. The molecule has 0 spiro atoms. The van der Waals surface area contributed by atoms with Gasteiger partial charge in [-0.1, -0.05) is 6.07 Å². The van der Waals surface area contributed by atoms with Crippen molar-refractivity contribution in [1.29, 1.82) is 0 Å². The van der Waals surface area contributed by atoms with E-state index < -0.39 is 17.8 Å². The molecule has 10 heteroatoms. The number of carbonyl (C=O) groups excluding carboxylic acids is 1. The van der Waals surface area contributed by atoms with Gasteiger partial charge in [0.05, 0.1) is 24.4 Å². The molecule has 1 aliphatic heterocycles. The summed E-state index contributed by atoms with van der Waals surface area (Å²) in [6, 6.07) is 6.90. The average molecular weight is 433 g/mol. The molecule has 4 rings (SSSR count). The minimum atomic E-state index is -4.63. The summed E-state index contributed by atoms with van der Waals surface area (Å²) >= 11 is 0. The highest BCUT2D eigenvalue weighted by molar-refractivity contribution is 6.05. The SMILES string of the molecule is COc1cc2nn(C3CCN(C)CC3)cc2cc1NC(=O)c1cccc(C(F)(F)F)n1. The second kappa shape index (κ2) is 8.18. The van der Waals surface area contributed by atoms with Gasteiger partial charge in [0.1, 0.15) is 17.1 Å². The maximum absolute atomic E-state index is 12.9. The Kier molecular flexibility index (Phi) is 5.57. The Balaban J connectivity index is 1.60. The van der Waals surface area contributed by atoms with Crippen LogP contribution in [0.4, 0.5) is 18.9 Å². The van der Waals surface area contributed by atoms with Crippen LogP contribution in [0.25, 0.3) is 10.9 Å². The third kappa shape index (κ3) is 4.48. The fourth-order valence-corrected chi connectivity index (χ4v) is 3.69. The molecule has 3 heterocycles. The number of alkyl halides is 3. The van der Waals surface area contributed by atoms with Crippen LogP contribution in [-0.2, 0) is 6.18 Å². The minimum absolute atomic E-state index is 0.293.